The van der Waals surface area contributed by atoms with Crippen LogP contribution >= 0.6 is 0 Å². The molecule has 1 aromatic carbocycles. The Labute approximate surface area is 155 Å². The molecule has 3 N–H and O–H groups in total. The number of nitrogens with zero attached hydrogens (tertiary/aromatic N) is 1. The second kappa shape index (κ2) is 9.33. The summed E-state index contributed by atoms with van der Waals surface area (Å²) < 4.78 is 0. The van der Waals surface area contributed by atoms with Gasteiger partial charge >= 0.3 is 0 Å². The third-order valence-electron chi connectivity index (χ3n) is 3.66. The van der Waals surface area contributed by atoms with E-state index in [1.807, 2.05) is 27.7 Å². The standard InChI is InChI=1S/C19H30N4O3/c1-7-23(13-17(25)21-19(2,3)4)12-16(24)20-15-10-8-14(9-11-15)18(26)22(5)6/h8-11H,7,12-13H2,1-6H3,(H,20,24)(H,21,25)/p+1. The van der Waals surface area contributed by atoms with E-state index in [2.05, 4.69) is 10.6 Å². The van der Waals surface area contributed by atoms with Gasteiger partial charge in [0.25, 0.3) is 17.7 Å². The highest BCUT2D eigenvalue weighted by atomic mass is 16.2. The van der Waals surface area contributed by atoms with Crippen LogP contribution in [-0.2, 0) is 9.59 Å². The molecular weight excluding hydrogens is 332 g/mol. The summed E-state index contributed by atoms with van der Waals surface area (Å²) in [6.07, 6.45) is 0. The third-order valence-corrected chi connectivity index (χ3v) is 3.66. The summed E-state index contributed by atoms with van der Waals surface area (Å²) in [5.74, 6) is -0.333. The SMILES string of the molecule is CC[NH+](CC(=O)Nc1ccc(C(=O)N(C)C)cc1)CC(=O)NC(C)(C)C. The maximum absolute atomic E-state index is 12.2. The molecule has 1 atom stereocenters. The number of anilines is 1. The van der Waals surface area contributed by atoms with Gasteiger partial charge < -0.3 is 20.4 Å². The summed E-state index contributed by atoms with van der Waals surface area (Å²) in [5, 5.41) is 5.71. The highest BCUT2D eigenvalue weighted by Gasteiger charge is 2.20. The Bertz CT molecular complexity index is 633. The van der Waals surface area contributed by atoms with Gasteiger partial charge in [0.1, 0.15) is 0 Å². The monoisotopic (exact) mass is 363 g/mol. The van der Waals surface area contributed by atoms with Crippen LogP contribution in [0.2, 0.25) is 0 Å². The molecule has 0 aliphatic rings. The fourth-order valence-corrected chi connectivity index (χ4v) is 2.39. The zero-order chi connectivity index (χ0) is 19.9. The number of nitrogens with one attached hydrogen (secondary N) is 3. The maximum atomic E-state index is 12.2. The van der Waals surface area contributed by atoms with E-state index in [1.165, 1.54) is 4.90 Å². The largest absolute Gasteiger partial charge is 0.347 e. The van der Waals surface area contributed by atoms with E-state index in [9.17, 15) is 14.4 Å². The number of amides is 3. The van der Waals surface area contributed by atoms with Crippen molar-refractivity contribution in [3.63, 3.8) is 0 Å². The Balaban J connectivity index is 2.58. The Morgan fingerprint density at radius 3 is 2.00 bits per heavy atom. The minimum Gasteiger partial charge on any atom is -0.347 e. The summed E-state index contributed by atoms with van der Waals surface area (Å²) in [7, 11) is 3.38. The molecule has 7 heteroatoms. The molecule has 1 unspecified atom stereocenters. The van der Waals surface area contributed by atoms with Crippen molar-refractivity contribution in [3.05, 3.63) is 29.8 Å². The normalized spacial score (nSPS) is 12.2. The molecule has 0 spiro atoms. The van der Waals surface area contributed by atoms with Crippen LogP contribution in [0.4, 0.5) is 5.69 Å². The van der Waals surface area contributed by atoms with Crippen LogP contribution in [0.1, 0.15) is 38.1 Å². The number of hydrogen-bond acceptors (Lipinski definition) is 3. The Kier molecular flexibility index (Phi) is 7.76. The summed E-state index contributed by atoms with van der Waals surface area (Å²) >= 11 is 0. The van der Waals surface area contributed by atoms with E-state index in [4.69, 9.17) is 0 Å². The molecule has 26 heavy (non-hydrogen) atoms. The minimum atomic E-state index is -0.288. The molecule has 1 rings (SSSR count). The summed E-state index contributed by atoms with van der Waals surface area (Å²) in [5.41, 5.74) is 0.900. The van der Waals surface area contributed by atoms with Gasteiger partial charge in [0.15, 0.2) is 13.1 Å². The molecule has 0 aliphatic heterocycles. The van der Waals surface area contributed by atoms with Gasteiger partial charge in [0.2, 0.25) is 0 Å². The molecule has 0 saturated heterocycles. The topological polar surface area (TPSA) is 83.0 Å². The van der Waals surface area contributed by atoms with Gasteiger partial charge in [-0.2, -0.15) is 0 Å². The molecule has 3 amide bonds. The minimum absolute atomic E-state index is 0.0753. The van der Waals surface area contributed by atoms with E-state index in [1.54, 1.807) is 38.4 Å². The van der Waals surface area contributed by atoms with Gasteiger partial charge in [-0.1, -0.05) is 0 Å². The smallest absolute Gasteiger partial charge is 0.279 e. The van der Waals surface area contributed by atoms with Gasteiger partial charge in [-0.15, -0.1) is 0 Å². The lowest BCUT2D eigenvalue weighted by Gasteiger charge is -2.23. The van der Waals surface area contributed by atoms with E-state index >= 15 is 0 Å². The fraction of sp³-hybridized carbons (Fsp3) is 0.526. The number of likely N-dealkylation sites (N-methyl/N-ethyl adjacent to an activating group) is 1. The molecule has 0 heterocycles. The van der Waals surface area contributed by atoms with Crippen molar-refractivity contribution in [2.45, 2.75) is 33.2 Å². The number of carbonyl (C=O) groups excluding carboxylic acids is 3. The first kappa shape index (κ1) is 21.6. The fourth-order valence-electron chi connectivity index (χ4n) is 2.39. The summed E-state index contributed by atoms with van der Waals surface area (Å²) in [6.45, 7) is 8.83. The van der Waals surface area contributed by atoms with Crippen molar-refractivity contribution in [1.82, 2.24) is 10.2 Å². The zero-order valence-electron chi connectivity index (χ0n) is 16.6. The van der Waals surface area contributed by atoms with Gasteiger partial charge in [-0.3, -0.25) is 14.4 Å². The first-order valence-electron chi connectivity index (χ1n) is 8.78. The quantitative estimate of drug-likeness (QED) is 0.645. The molecule has 0 aromatic heterocycles. The molecule has 0 radical (unpaired) electrons. The van der Waals surface area contributed by atoms with Crippen molar-refractivity contribution in [3.8, 4) is 0 Å². The predicted molar refractivity (Wildman–Crippen MR) is 102 cm³/mol. The highest BCUT2D eigenvalue weighted by Crippen LogP contribution is 2.10. The molecule has 0 saturated carbocycles. The molecule has 1 aromatic rings. The molecule has 0 aliphatic carbocycles. The van der Waals surface area contributed by atoms with Crippen LogP contribution < -0.4 is 15.5 Å². The lowest BCUT2D eigenvalue weighted by atomic mass is 10.1. The highest BCUT2D eigenvalue weighted by molar-refractivity contribution is 5.95. The van der Waals surface area contributed by atoms with Crippen molar-refractivity contribution in [2.75, 3.05) is 39.0 Å². The third kappa shape index (κ3) is 7.65. The van der Waals surface area contributed by atoms with Gasteiger partial charge in [-0.05, 0) is 52.0 Å². The van der Waals surface area contributed by atoms with Gasteiger partial charge in [0.05, 0.1) is 6.54 Å². The van der Waals surface area contributed by atoms with E-state index in [-0.39, 0.29) is 36.3 Å². The maximum Gasteiger partial charge on any atom is 0.279 e. The van der Waals surface area contributed by atoms with E-state index in [0.29, 0.717) is 17.8 Å². The number of quaternary nitrogens is 1. The first-order valence-corrected chi connectivity index (χ1v) is 8.78. The number of carbonyl (C=O) groups is 3. The molecule has 7 nitrogen and oxygen atoms in total. The lowest BCUT2D eigenvalue weighted by Crippen LogP contribution is -3.14. The Hall–Kier alpha value is -2.41. The van der Waals surface area contributed by atoms with Crippen molar-refractivity contribution in [2.24, 2.45) is 0 Å². The molecule has 0 fully saturated rings. The van der Waals surface area contributed by atoms with Crippen LogP contribution in [0.3, 0.4) is 0 Å². The average Bonchev–Trinajstić information content (AvgIpc) is 2.52. The molecule has 144 valence electrons. The van der Waals surface area contributed by atoms with E-state index < -0.39 is 0 Å². The summed E-state index contributed by atoms with van der Waals surface area (Å²) in [4.78, 5) is 38.5. The number of hydrogen-bond donors (Lipinski definition) is 3. The van der Waals surface area contributed by atoms with Crippen LogP contribution in [-0.4, -0.2) is 61.9 Å². The molecular formula is C19H31N4O3+. The Morgan fingerprint density at radius 1 is 1.00 bits per heavy atom. The van der Waals surface area contributed by atoms with Crippen LogP contribution in [0.5, 0.6) is 0 Å². The second-order valence-electron chi connectivity index (χ2n) is 7.58. The number of benzene rings is 1. The number of rotatable bonds is 7. The lowest BCUT2D eigenvalue weighted by molar-refractivity contribution is -0.881. The predicted octanol–water partition coefficient (Wildman–Crippen LogP) is 0.146. The zero-order valence-corrected chi connectivity index (χ0v) is 16.6. The van der Waals surface area contributed by atoms with Crippen molar-refractivity contribution < 1.29 is 19.3 Å². The summed E-state index contributed by atoms with van der Waals surface area (Å²) in [6, 6.07) is 6.76. The van der Waals surface area contributed by atoms with E-state index in [0.717, 1.165) is 4.90 Å². The van der Waals surface area contributed by atoms with Crippen LogP contribution in [0.25, 0.3) is 0 Å². The second-order valence-corrected chi connectivity index (χ2v) is 7.58. The van der Waals surface area contributed by atoms with Gasteiger partial charge in [-0.25, -0.2) is 0 Å². The molecule has 0 bridgehead atoms. The van der Waals surface area contributed by atoms with Crippen molar-refractivity contribution in [1.29, 1.82) is 0 Å². The van der Waals surface area contributed by atoms with Crippen LogP contribution in [0.15, 0.2) is 24.3 Å². The first-order chi connectivity index (χ1) is 12.0. The Morgan fingerprint density at radius 2 is 1.54 bits per heavy atom. The van der Waals surface area contributed by atoms with Crippen molar-refractivity contribution >= 4 is 23.4 Å². The van der Waals surface area contributed by atoms with Gasteiger partial charge in [0, 0.05) is 30.9 Å². The van der Waals surface area contributed by atoms with Crippen LogP contribution in [0, 0.1) is 0 Å². The average molecular weight is 363 g/mol.